The van der Waals surface area contributed by atoms with E-state index in [9.17, 15) is 9.90 Å². The highest BCUT2D eigenvalue weighted by Gasteiger charge is 2.43. The fourth-order valence-corrected chi connectivity index (χ4v) is 4.02. The number of hydrogen-bond donors (Lipinski definition) is 1. The van der Waals surface area contributed by atoms with Crippen molar-refractivity contribution in [1.29, 1.82) is 0 Å². The van der Waals surface area contributed by atoms with Gasteiger partial charge in [-0.25, -0.2) is 4.79 Å². The zero-order valence-corrected chi connectivity index (χ0v) is 21.1. The van der Waals surface area contributed by atoms with E-state index in [0.717, 1.165) is 5.69 Å². The number of methoxy groups -OCH3 is 1. The molecule has 3 rings (SSSR count). The second-order valence-electron chi connectivity index (χ2n) is 9.48. The third kappa shape index (κ3) is 6.18. The first kappa shape index (κ1) is 26.2. The second kappa shape index (κ2) is 10.9. The van der Waals surface area contributed by atoms with E-state index in [4.69, 9.17) is 23.7 Å². The summed E-state index contributed by atoms with van der Waals surface area (Å²) in [6, 6.07) is 3.71. The monoisotopic (exact) mass is 475 g/mol. The third-order valence-corrected chi connectivity index (χ3v) is 6.04. The minimum Gasteiger partial charge on any atom is -0.467 e. The molecule has 0 spiro atoms. The number of carbonyl (C=O) groups excluding carboxylic acids is 1. The molecule has 2 heterocycles. The molecule has 0 saturated carbocycles. The van der Waals surface area contributed by atoms with Crippen molar-refractivity contribution in [3.8, 4) is 5.75 Å². The van der Waals surface area contributed by atoms with Gasteiger partial charge in [-0.3, -0.25) is 0 Å². The van der Waals surface area contributed by atoms with E-state index in [1.165, 1.54) is 7.11 Å². The summed E-state index contributed by atoms with van der Waals surface area (Å²) in [6.07, 6.45) is 5.64. The van der Waals surface area contributed by atoms with Gasteiger partial charge in [0.25, 0.3) is 0 Å². The Morgan fingerprint density at radius 2 is 1.91 bits per heavy atom. The number of ether oxygens (including phenoxy) is 5. The number of benzene rings is 1. The number of anilines is 1. The zero-order valence-electron chi connectivity index (χ0n) is 21.1. The lowest BCUT2D eigenvalue weighted by Crippen LogP contribution is -2.34. The van der Waals surface area contributed by atoms with Crippen molar-refractivity contribution >= 4 is 17.7 Å². The van der Waals surface area contributed by atoms with Gasteiger partial charge >= 0.3 is 5.97 Å². The summed E-state index contributed by atoms with van der Waals surface area (Å²) in [4.78, 5) is 15.3. The van der Waals surface area contributed by atoms with E-state index >= 15 is 0 Å². The predicted molar refractivity (Wildman–Crippen MR) is 130 cm³/mol. The van der Waals surface area contributed by atoms with E-state index in [1.54, 1.807) is 12.1 Å². The number of hydrogen-bond acceptors (Lipinski definition) is 8. The van der Waals surface area contributed by atoms with Crippen LogP contribution >= 0.6 is 0 Å². The molecule has 34 heavy (non-hydrogen) atoms. The van der Waals surface area contributed by atoms with Crippen LogP contribution in [0.15, 0.2) is 30.4 Å². The Hall–Kier alpha value is -2.39. The molecule has 188 valence electrons. The van der Waals surface area contributed by atoms with Crippen LogP contribution in [-0.4, -0.2) is 69.3 Å². The van der Waals surface area contributed by atoms with Crippen LogP contribution in [0.5, 0.6) is 5.75 Å². The third-order valence-electron chi connectivity index (χ3n) is 6.04. The fourth-order valence-electron chi connectivity index (χ4n) is 4.02. The lowest BCUT2D eigenvalue weighted by Gasteiger charge is -2.23. The summed E-state index contributed by atoms with van der Waals surface area (Å²) in [5.74, 6) is -1.05. The SMILES string of the molecule is COCOc1cc(N(C)C)cc2c1C(=O)O[C@@H](C)[C@H](C)C=CC(O)[C@H]1OC(C)(C)O[C@H]1CC=C2. The molecule has 2 aliphatic rings. The van der Waals surface area contributed by atoms with Crippen molar-refractivity contribution in [2.45, 2.75) is 64.3 Å². The Labute approximate surface area is 202 Å². The molecule has 0 aliphatic carbocycles. The van der Waals surface area contributed by atoms with Crippen molar-refractivity contribution in [2.24, 2.45) is 5.92 Å². The number of nitrogens with zero attached hydrogens (tertiary/aromatic N) is 1. The summed E-state index contributed by atoms with van der Waals surface area (Å²) in [5, 5.41) is 10.8. The number of carbonyl (C=O) groups is 1. The van der Waals surface area contributed by atoms with Gasteiger partial charge in [0, 0.05) is 38.9 Å². The topological polar surface area (TPSA) is 86.7 Å². The van der Waals surface area contributed by atoms with Crippen LogP contribution in [0.2, 0.25) is 0 Å². The molecule has 1 aromatic rings. The van der Waals surface area contributed by atoms with Gasteiger partial charge in [0.2, 0.25) is 0 Å². The number of fused-ring (bicyclic) bond motifs is 2. The van der Waals surface area contributed by atoms with Gasteiger partial charge in [0.15, 0.2) is 12.6 Å². The molecule has 1 aromatic carbocycles. The van der Waals surface area contributed by atoms with E-state index in [2.05, 4.69) is 0 Å². The van der Waals surface area contributed by atoms with Gasteiger partial charge in [0.05, 0.1) is 6.10 Å². The van der Waals surface area contributed by atoms with Crippen molar-refractivity contribution in [3.63, 3.8) is 0 Å². The highest BCUT2D eigenvalue weighted by molar-refractivity contribution is 5.97. The first-order chi connectivity index (χ1) is 16.0. The van der Waals surface area contributed by atoms with Crippen molar-refractivity contribution in [2.75, 3.05) is 32.9 Å². The highest BCUT2D eigenvalue weighted by Crippen LogP contribution is 2.35. The Kier molecular flexibility index (Phi) is 8.41. The number of aliphatic hydroxyl groups is 1. The van der Waals surface area contributed by atoms with Crippen LogP contribution in [0, 0.1) is 5.92 Å². The van der Waals surface area contributed by atoms with Crippen LogP contribution in [0.1, 0.15) is 50.0 Å². The maximum absolute atomic E-state index is 13.3. The second-order valence-corrected chi connectivity index (χ2v) is 9.48. The summed E-state index contributed by atoms with van der Waals surface area (Å²) >= 11 is 0. The summed E-state index contributed by atoms with van der Waals surface area (Å²) < 4.78 is 28.8. The van der Waals surface area contributed by atoms with Crippen molar-refractivity contribution in [1.82, 2.24) is 0 Å². The first-order valence-corrected chi connectivity index (χ1v) is 11.6. The Bertz CT molecular complexity index is 924. The van der Waals surface area contributed by atoms with Crippen LogP contribution in [0.4, 0.5) is 5.69 Å². The Morgan fingerprint density at radius 1 is 1.18 bits per heavy atom. The number of cyclic esters (lactones) is 1. The zero-order chi connectivity index (χ0) is 25.0. The number of esters is 1. The van der Waals surface area contributed by atoms with Gasteiger partial charge in [-0.05, 0) is 38.8 Å². The van der Waals surface area contributed by atoms with E-state index in [1.807, 2.05) is 71.0 Å². The molecule has 8 nitrogen and oxygen atoms in total. The standard InChI is InChI=1S/C26H37NO7/c1-16-11-12-20(28)24-21(33-26(3,4)34-24)10-8-9-18-13-19(27(5)6)14-22(31-15-30-7)23(18)25(29)32-17(16)2/h8-9,11-14,16-17,20-21,24,28H,10,15H2,1-7H3/t16-,17+,20?,21+,24-/m1/s1. The van der Waals surface area contributed by atoms with Gasteiger partial charge < -0.3 is 33.7 Å². The molecule has 0 amide bonds. The van der Waals surface area contributed by atoms with Gasteiger partial charge in [-0.1, -0.05) is 31.2 Å². The molecule has 1 N–H and O–H groups in total. The molecule has 8 heteroatoms. The predicted octanol–water partition coefficient (Wildman–Crippen LogP) is 3.77. The molecular weight excluding hydrogens is 438 g/mol. The van der Waals surface area contributed by atoms with Gasteiger partial charge in [-0.2, -0.15) is 0 Å². The fraction of sp³-hybridized carbons (Fsp3) is 0.577. The Morgan fingerprint density at radius 3 is 2.59 bits per heavy atom. The van der Waals surface area contributed by atoms with Crippen LogP contribution < -0.4 is 9.64 Å². The van der Waals surface area contributed by atoms with E-state index in [-0.39, 0.29) is 18.8 Å². The number of rotatable bonds is 4. The summed E-state index contributed by atoms with van der Waals surface area (Å²) in [6.45, 7) is 7.43. The quantitative estimate of drug-likeness (QED) is 0.400. The lowest BCUT2D eigenvalue weighted by atomic mass is 9.98. The minimum atomic E-state index is -0.852. The van der Waals surface area contributed by atoms with Gasteiger partial charge in [0.1, 0.15) is 29.6 Å². The molecule has 2 aliphatic heterocycles. The minimum absolute atomic E-state index is 0.00306. The van der Waals surface area contributed by atoms with Crippen LogP contribution in [0.25, 0.3) is 6.08 Å². The highest BCUT2D eigenvalue weighted by atomic mass is 16.8. The summed E-state index contributed by atoms with van der Waals surface area (Å²) in [7, 11) is 5.36. The smallest absolute Gasteiger partial charge is 0.342 e. The molecule has 0 radical (unpaired) electrons. The Balaban J connectivity index is 2.09. The van der Waals surface area contributed by atoms with Crippen molar-refractivity contribution in [3.05, 3.63) is 41.5 Å². The molecular formula is C26H37NO7. The van der Waals surface area contributed by atoms with E-state index < -0.39 is 30.1 Å². The first-order valence-electron chi connectivity index (χ1n) is 11.6. The normalized spacial score (nSPS) is 29.1. The molecule has 1 saturated heterocycles. The maximum atomic E-state index is 13.3. The molecule has 0 aromatic heterocycles. The average Bonchev–Trinajstić information content (AvgIpc) is 3.08. The molecule has 1 unspecified atom stereocenters. The van der Waals surface area contributed by atoms with Crippen LogP contribution in [-0.2, 0) is 18.9 Å². The summed E-state index contributed by atoms with van der Waals surface area (Å²) in [5.41, 5.74) is 1.85. The van der Waals surface area contributed by atoms with Crippen molar-refractivity contribution < 1.29 is 33.6 Å². The lowest BCUT2D eigenvalue weighted by molar-refractivity contribution is -0.152. The van der Waals surface area contributed by atoms with Gasteiger partial charge in [-0.15, -0.1) is 0 Å². The number of aliphatic hydroxyl groups excluding tert-OH is 1. The molecule has 0 bridgehead atoms. The maximum Gasteiger partial charge on any atom is 0.342 e. The largest absolute Gasteiger partial charge is 0.467 e. The molecule has 5 atom stereocenters. The van der Waals surface area contributed by atoms with E-state index in [0.29, 0.717) is 23.3 Å². The molecule has 1 fully saturated rings. The average molecular weight is 476 g/mol. The van der Waals surface area contributed by atoms with Crippen LogP contribution in [0.3, 0.4) is 0 Å².